The van der Waals surface area contributed by atoms with Gasteiger partial charge in [-0.2, -0.15) is 5.26 Å². The van der Waals surface area contributed by atoms with E-state index in [1.165, 1.54) is 5.56 Å². The van der Waals surface area contributed by atoms with Crippen LogP contribution in [0.25, 0.3) is 0 Å². The second-order valence-corrected chi connectivity index (χ2v) is 6.39. The zero-order valence-electron chi connectivity index (χ0n) is 9.69. The minimum Gasteiger partial charge on any atom is -0.244 e. The second kappa shape index (κ2) is 4.49. The standard InChI is InChI=1S/C14H11BrN2S/c15-11-4-2-1-3-10(11)7-13-17-12(8-18-13)14(9-16)5-6-14/h1-4,8H,5-7H2. The van der Waals surface area contributed by atoms with Gasteiger partial charge in [0.1, 0.15) is 5.41 Å². The molecule has 0 atom stereocenters. The van der Waals surface area contributed by atoms with Crippen molar-refractivity contribution >= 4 is 27.3 Å². The third-order valence-corrected chi connectivity index (χ3v) is 4.93. The van der Waals surface area contributed by atoms with E-state index in [9.17, 15) is 0 Å². The van der Waals surface area contributed by atoms with Crippen molar-refractivity contribution in [1.29, 1.82) is 5.26 Å². The quantitative estimate of drug-likeness (QED) is 0.856. The summed E-state index contributed by atoms with van der Waals surface area (Å²) in [6.07, 6.45) is 2.75. The summed E-state index contributed by atoms with van der Waals surface area (Å²) >= 11 is 5.20. The summed E-state index contributed by atoms with van der Waals surface area (Å²) in [5.74, 6) is 0. The predicted molar refractivity (Wildman–Crippen MR) is 75.6 cm³/mol. The molecule has 1 aromatic carbocycles. The molecule has 1 aliphatic rings. The largest absolute Gasteiger partial charge is 0.244 e. The molecule has 2 nitrogen and oxygen atoms in total. The van der Waals surface area contributed by atoms with Gasteiger partial charge in [0.05, 0.1) is 16.8 Å². The van der Waals surface area contributed by atoms with Crippen LogP contribution in [0.5, 0.6) is 0 Å². The minimum atomic E-state index is -0.261. The lowest BCUT2D eigenvalue weighted by Crippen LogP contribution is -2.03. The number of hydrogen-bond donors (Lipinski definition) is 0. The first-order valence-corrected chi connectivity index (χ1v) is 7.50. The molecule has 1 aromatic heterocycles. The molecule has 0 spiro atoms. The third-order valence-electron chi connectivity index (χ3n) is 3.31. The Bertz CT molecular complexity index is 623. The van der Waals surface area contributed by atoms with Crippen molar-refractivity contribution in [2.45, 2.75) is 24.7 Å². The molecule has 18 heavy (non-hydrogen) atoms. The van der Waals surface area contributed by atoms with Crippen molar-refractivity contribution < 1.29 is 0 Å². The normalized spacial score (nSPS) is 16.2. The van der Waals surface area contributed by atoms with Gasteiger partial charge in [0.25, 0.3) is 0 Å². The van der Waals surface area contributed by atoms with E-state index in [2.05, 4.69) is 33.0 Å². The zero-order chi connectivity index (χ0) is 12.6. The van der Waals surface area contributed by atoms with E-state index in [4.69, 9.17) is 5.26 Å². The lowest BCUT2D eigenvalue weighted by Gasteiger charge is -2.01. The molecule has 0 radical (unpaired) electrons. The van der Waals surface area contributed by atoms with E-state index < -0.39 is 0 Å². The van der Waals surface area contributed by atoms with E-state index in [1.54, 1.807) is 11.3 Å². The summed E-state index contributed by atoms with van der Waals surface area (Å²) in [5.41, 5.74) is 1.94. The molecule has 3 rings (SSSR count). The number of halogens is 1. The number of thiazole rings is 1. The summed E-state index contributed by atoms with van der Waals surface area (Å²) in [5, 5.41) is 12.3. The topological polar surface area (TPSA) is 36.7 Å². The summed E-state index contributed by atoms with van der Waals surface area (Å²) in [6, 6.07) is 10.6. The number of aromatic nitrogens is 1. The van der Waals surface area contributed by atoms with Crippen molar-refractivity contribution in [2.24, 2.45) is 0 Å². The maximum Gasteiger partial charge on any atom is 0.100 e. The Hall–Kier alpha value is -1.18. The number of nitriles is 1. The van der Waals surface area contributed by atoms with Crippen LogP contribution >= 0.6 is 27.3 Å². The monoisotopic (exact) mass is 318 g/mol. The Morgan fingerprint density at radius 1 is 1.39 bits per heavy atom. The molecule has 90 valence electrons. The zero-order valence-corrected chi connectivity index (χ0v) is 12.1. The van der Waals surface area contributed by atoms with Gasteiger partial charge in [0.15, 0.2) is 0 Å². The van der Waals surface area contributed by atoms with Crippen LogP contribution in [0.3, 0.4) is 0 Å². The molecule has 0 N–H and O–H groups in total. The Morgan fingerprint density at radius 2 is 2.17 bits per heavy atom. The maximum atomic E-state index is 9.16. The van der Waals surface area contributed by atoms with E-state index in [1.807, 2.05) is 23.6 Å². The van der Waals surface area contributed by atoms with Crippen LogP contribution in [0, 0.1) is 11.3 Å². The molecule has 0 aliphatic heterocycles. The van der Waals surface area contributed by atoms with Gasteiger partial charge in [-0.25, -0.2) is 4.98 Å². The van der Waals surface area contributed by atoms with E-state index >= 15 is 0 Å². The second-order valence-electron chi connectivity index (χ2n) is 4.59. The summed E-state index contributed by atoms with van der Waals surface area (Å²) < 4.78 is 1.11. The van der Waals surface area contributed by atoms with Gasteiger partial charge < -0.3 is 0 Å². The van der Waals surface area contributed by atoms with Crippen LogP contribution in [0.2, 0.25) is 0 Å². The SMILES string of the molecule is N#CC1(c2csc(Cc3ccccc3Br)n2)CC1. The molecule has 0 unspecified atom stereocenters. The Kier molecular flexibility index (Phi) is 2.96. The van der Waals surface area contributed by atoms with Gasteiger partial charge in [0.2, 0.25) is 0 Å². The van der Waals surface area contributed by atoms with Crippen molar-refractivity contribution in [3.63, 3.8) is 0 Å². The predicted octanol–water partition coefficient (Wildman–Crippen LogP) is 4.05. The fraction of sp³-hybridized carbons (Fsp3) is 0.286. The third kappa shape index (κ3) is 2.09. The van der Waals surface area contributed by atoms with Crippen LogP contribution in [0.15, 0.2) is 34.1 Å². The summed E-state index contributed by atoms with van der Waals surface area (Å²) in [7, 11) is 0. The number of benzene rings is 1. The first kappa shape index (κ1) is 11.9. The number of nitrogens with zero attached hydrogens (tertiary/aromatic N) is 2. The summed E-state index contributed by atoms with van der Waals surface area (Å²) in [6.45, 7) is 0. The molecule has 1 heterocycles. The number of rotatable bonds is 3. The van der Waals surface area contributed by atoms with Crippen LogP contribution in [-0.4, -0.2) is 4.98 Å². The van der Waals surface area contributed by atoms with Crippen LogP contribution in [0.4, 0.5) is 0 Å². The molecule has 1 aliphatic carbocycles. The summed E-state index contributed by atoms with van der Waals surface area (Å²) in [4.78, 5) is 4.63. The molecular weight excluding hydrogens is 308 g/mol. The highest BCUT2D eigenvalue weighted by Gasteiger charge is 2.46. The van der Waals surface area contributed by atoms with Gasteiger partial charge in [-0.15, -0.1) is 11.3 Å². The average molecular weight is 319 g/mol. The molecule has 1 fully saturated rings. The van der Waals surface area contributed by atoms with E-state index in [0.29, 0.717) is 0 Å². The first-order valence-electron chi connectivity index (χ1n) is 5.83. The highest BCUT2D eigenvalue weighted by molar-refractivity contribution is 9.10. The molecule has 1 saturated carbocycles. The fourth-order valence-corrected chi connectivity index (χ4v) is 3.31. The Balaban J connectivity index is 1.83. The fourth-order valence-electron chi connectivity index (χ4n) is 1.97. The Labute approximate surface area is 118 Å². The molecule has 0 saturated heterocycles. The van der Waals surface area contributed by atoms with Crippen LogP contribution in [0.1, 0.15) is 29.1 Å². The molecule has 2 aromatic rings. The minimum absolute atomic E-state index is 0.261. The smallest absolute Gasteiger partial charge is 0.100 e. The van der Waals surface area contributed by atoms with Gasteiger partial charge >= 0.3 is 0 Å². The van der Waals surface area contributed by atoms with Gasteiger partial charge in [0, 0.05) is 16.3 Å². The first-order chi connectivity index (χ1) is 8.73. The number of hydrogen-bond acceptors (Lipinski definition) is 3. The highest BCUT2D eigenvalue weighted by Crippen LogP contribution is 2.47. The van der Waals surface area contributed by atoms with Crippen molar-refractivity contribution in [1.82, 2.24) is 4.98 Å². The van der Waals surface area contributed by atoms with Gasteiger partial charge in [-0.05, 0) is 24.5 Å². The van der Waals surface area contributed by atoms with Gasteiger partial charge in [-0.1, -0.05) is 34.1 Å². The van der Waals surface area contributed by atoms with Crippen molar-refractivity contribution in [2.75, 3.05) is 0 Å². The average Bonchev–Trinajstić information content (AvgIpc) is 3.05. The lowest BCUT2D eigenvalue weighted by atomic mass is 10.1. The van der Waals surface area contributed by atoms with E-state index in [-0.39, 0.29) is 5.41 Å². The van der Waals surface area contributed by atoms with Gasteiger partial charge in [-0.3, -0.25) is 0 Å². The maximum absolute atomic E-state index is 9.16. The van der Waals surface area contributed by atoms with Crippen molar-refractivity contribution in [3.8, 4) is 6.07 Å². The molecule has 0 bridgehead atoms. The lowest BCUT2D eigenvalue weighted by molar-refractivity contribution is 0.856. The molecule has 0 amide bonds. The van der Waals surface area contributed by atoms with Crippen molar-refractivity contribution in [3.05, 3.63) is 50.4 Å². The highest BCUT2D eigenvalue weighted by atomic mass is 79.9. The Morgan fingerprint density at radius 3 is 2.83 bits per heavy atom. The van der Waals surface area contributed by atoms with Crippen LogP contribution in [-0.2, 0) is 11.8 Å². The van der Waals surface area contributed by atoms with E-state index in [0.717, 1.165) is 34.4 Å². The molecular formula is C14H11BrN2S. The molecule has 4 heteroatoms. The van der Waals surface area contributed by atoms with Crippen LogP contribution < -0.4 is 0 Å².